The maximum Gasteiger partial charge on any atom is 0.241 e. The fourth-order valence-corrected chi connectivity index (χ4v) is 6.61. The van der Waals surface area contributed by atoms with Crippen LogP contribution >= 0.6 is 11.6 Å². The molecule has 1 amide bonds. The van der Waals surface area contributed by atoms with Gasteiger partial charge in [-0.25, -0.2) is 18.1 Å². The van der Waals surface area contributed by atoms with Crippen LogP contribution in [0.2, 0.25) is 5.02 Å². The van der Waals surface area contributed by atoms with Gasteiger partial charge in [0.2, 0.25) is 15.9 Å². The molecule has 5 rings (SSSR count). The summed E-state index contributed by atoms with van der Waals surface area (Å²) in [6.45, 7) is 0.255. The molecule has 0 aliphatic heterocycles. The second-order valence-electron chi connectivity index (χ2n) is 9.83. The number of nitrogens with one attached hydrogen (secondary N) is 1. The van der Waals surface area contributed by atoms with E-state index in [1.165, 1.54) is 12.1 Å². The zero-order valence-corrected chi connectivity index (χ0v) is 23.9. The fraction of sp³-hybridized carbons (Fsp3) is 0.267. The first-order valence-electron chi connectivity index (χ1n) is 13.0. The number of aromatic nitrogens is 2. The first-order chi connectivity index (χ1) is 19.2. The first-order valence-corrected chi connectivity index (χ1v) is 14.9. The summed E-state index contributed by atoms with van der Waals surface area (Å²) in [7, 11) is -0.317. The third kappa shape index (κ3) is 6.13. The topological polar surface area (TPSA) is 93.5 Å². The minimum atomic E-state index is -3.80. The average Bonchev–Trinajstić information content (AvgIpc) is 3.55. The lowest BCUT2D eigenvalue weighted by Crippen LogP contribution is -2.33. The Morgan fingerprint density at radius 1 is 1.15 bits per heavy atom. The average molecular weight is 579 g/mol. The largest absolute Gasteiger partial charge is 0.376 e. The molecular weight excluding hydrogens is 548 g/mol. The third-order valence-electron chi connectivity index (χ3n) is 7.26. The summed E-state index contributed by atoms with van der Waals surface area (Å²) in [4.78, 5) is 20.1. The second kappa shape index (κ2) is 11.9. The highest BCUT2D eigenvalue weighted by molar-refractivity contribution is 7.89. The number of fused-ring (bicyclic) bond motifs is 1. The number of halogens is 1. The summed E-state index contributed by atoms with van der Waals surface area (Å²) in [5.74, 6) is 0.591. The van der Waals surface area contributed by atoms with E-state index in [-0.39, 0.29) is 23.8 Å². The van der Waals surface area contributed by atoms with E-state index in [2.05, 4.69) is 9.71 Å². The van der Waals surface area contributed by atoms with E-state index in [0.29, 0.717) is 17.1 Å². The SMILES string of the molecule is CO[C@H](CC(=O)N(Cc1nccn1C)c1ccc2c(c1)[C@@H](NS(=O)(=O)c1cccc(Cl)c1)CC2)c1ccccc1. The van der Waals surface area contributed by atoms with Crippen molar-refractivity contribution in [1.82, 2.24) is 14.3 Å². The van der Waals surface area contributed by atoms with Crippen LogP contribution in [0, 0.1) is 0 Å². The van der Waals surface area contributed by atoms with Crippen molar-refractivity contribution in [1.29, 1.82) is 0 Å². The van der Waals surface area contributed by atoms with Crippen molar-refractivity contribution >= 4 is 33.2 Å². The number of carbonyl (C=O) groups excluding carboxylic acids is 1. The predicted molar refractivity (Wildman–Crippen MR) is 154 cm³/mol. The number of amides is 1. The van der Waals surface area contributed by atoms with E-state index in [0.717, 1.165) is 28.9 Å². The molecule has 0 radical (unpaired) electrons. The van der Waals surface area contributed by atoms with Gasteiger partial charge in [0.15, 0.2) is 0 Å². The second-order valence-corrected chi connectivity index (χ2v) is 12.0. The molecule has 1 aliphatic carbocycles. The molecule has 3 aromatic carbocycles. The summed E-state index contributed by atoms with van der Waals surface area (Å²) in [6, 6.07) is 21.2. The molecular formula is C30H31ClN4O4S. The fourth-order valence-electron chi connectivity index (χ4n) is 5.06. The van der Waals surface area contributed by atoms with Gasteiger partial charge in [-0.05, 0) is 59.9 Å². The summed E-state index contributed by atoms with van der Waals surface area (Å²) in [5, 5.41) is 0.352. The molecule has 0 bridgehead atoms. The van der Waals surface area contributed by atoms with Gasteiger partial charge in [-0.1, -0.05) is 54.1 Å². The number of ether oxygens (including phenoxy) is 1. The van der Waals surface area contributed by atoms with E-state index in [1.807, 2.05) is 66.3 Å². The Morgan fingerprint density at radius 3 is 2.65 bits per heavy atom. The minimum Gasteiger partial charge on any atom is -0.376 e. The molecule has 0 spiro atoms. The number of methoxy groups -OCH3 is 1. The maximum atomic E-state index is 13.8. The van der Waals surface area contributed by atoms with E-state index < -0.39 is 22.2 Å². The molecule has 1 aromatic heterocycles. The zero-order valence-electron chi connectivity index (χ0n) is 22.3. The van der Waals surface area contributed by atoms with Gasteiger partial charge < -0.3 is 14.2 Å². The molecule has 0 unspecified atom stereocenters. The number of hydrogen-bond donors (Lipinski definition) is 1. The molecule has 0 fully saturated rings. The molecule has 1 aliphatic rings. The Hall–Kier alpha value is -3.50. The molecule has 0 saturated heterocycles. The normalized spacial score (nSPS) is 15.5. The van der Waals surface area contributed by atoms with Crippen molar-refractivity contribution in [3.63, 3.8) is 0 Å². The summed E-state index contributed by atoms with van der Waals surface area (Å²) in [5.41, 5.74) is 3.49. The van der Waals surface area contributed by atoms with Crippen LogP contribution in [0.3, 0.4) is 0 Å². The zero-order chi connectivity index (χ0) is 28.3. The number of nitrogens with zero attached hydrogens (tertiary/aromatic N) is 3. The molecule has 0 saturated carbocycles. The monoisotopic (exact) mass is 578 g/mol. The Labute approximate surface area is 239 Å². The molecule has 10 heteroatoms. The molecule has 208 valence electrons. The van der Waals surface area contributed by atoms with Crippen LogP contribution in [0.1, 0.15) is 47.5 Å². The van der Waals surface area contributed by atoms with Gasteiger partial charge in [-0.15, -0.1) is 0 Å². The number of hydrogen-bond acceptors (Lipinski definition) is 5. The smallest absolute Gasteiger partial charge is 0.241 e. The lowest BCUT2D eigenvalue weighted by molar-refractivity contribution is -0.121. The molecule has 2 atom stereocenters. The lowest BCUT2D eigenvalue weighted by atomic mass is 10.0. The Bertz CT molecular complexity index is 1610. The van der Waals surface area contributed by atoms with E-state index >= 15 is 0 Å². The predicted octanol–water partition coefficient (Wildman–Crippen LogP) is 5.35. The van der Waals surface area contributed by atoms with Crippen molar-refractivity contribution in [2.24, 2.45) is 7.05 Å². The molecule has 4 aromatic rings. The van der Waals surface area contributed by atoms with Gasteiger partial charge in [-0.3, -0.25) is 4.79 Å². The van der Waals surface area contributed by atoms with Gasteiger partial charge in [0.25, 0.3) is 0 Å². The van der Waals surface area contributed by atoms with Crippen molar-refractivity contribution in [3.05, 3.63) is 113 Å². The number of benzene rings is 3. The Morgan fingerprint density at radius 2 is 1.95 bits per heavy atom. The standard InChI is InChI=1S/C30H31ClN4O4S/c1-34-16-15-32-29(34)20-35(30(36)19-28(39-2)22-7-4-3-5-8-22)24-13-11-21-12-14-27(26(21)18-24)33-40(37,38)25-10-6-9-23(31)17-25/h3-11,13,15-18,27-28,33H,12,14,19-20H2,1-2H3/t27-,28+/m0/s1. The summed E-state index contributed by atoms with van der Waals surface area (Å²) < 4.78 is 36.7. The van der Waals surface area contributed by atoms with Crippen LogP contribution in [0.4, 0.5) is 5.69 Å². The molecule has 1 heterocycles. The molecule has 8 nitrogen and oxygen atoms in total. The number of imidazole rings is 1. The number of aryl methyl sites for hydroxylation is 2. The van der Waals surface area contributed by atoms with E-state index in [9.17, 15) is 13.2 Å². The van der Waals surface area contributed by atoms with Crippen LogP contribution in [0.25, 0.3) is 0 Å². The van der Waals surface area contributed by atoms with E-state index in [4.69, 9.17) is 16.3 Å². The highest BCUT2D eigenvalue weighted by Gasteiger charge is 2.30. The van der Waals surface area contributed by atoms with Gasteiger partial charge in [0.1, 0.15) is 5.82 Å². The van der Waals surface area contributed by atoms with Crippen molar-refractivity contribution < 1.29 is 17.9 Å². The lowest BCUT2D eigenvalue weighted by Gasteiger charge is -2.26. The highest BCUT2D eigenvalue weighted by atomic mass is 35.5. The van der Waals surface area contributed by atoms with Crippen molar-refractivity contribution in [2.45, 2.75) is 42.8 Å². The minimum absolute atomic E-state index is 0.114. The third-order valence-corrected chi connectivity index (χ3v) is 8.96. The highest BCUT2D eigenvalue weighted by Crippen LogP contribution is 2.36. The first kappa shape index (κ1) is 28.0. The number of anilines is 1. The van der Waals surface area contributed by atoms with Gasteiger partial charge in [0, 0.05) is 43.3 Å². The van der Waals surface area contributed by atoms with Gasteiger partial charge >= 0.3 is 0 Å². The van der Waals surface area contributed by atoms with Crippen LogP contribution in [0.15, 0.2) is 90.1 Å². The van der Waals surface area contributed by atoms with Gasteiger partial charge in [0.05, 0.1) is 24.0 Å². The quantitative estimate of drug-likeness (QED) is 0.274. The Kier molecular flexibility index (Phi) is 8.37. The van der Waals surface area contributed by atoms with Crippen molar-refractivity contribution in [2.75, 3.05) is 12.0 Å². The maximum absolute atomic E-state index is 13.8. The van der Waals surface area contributed by atoms with Gasteiger partial charge in [-0.2, -0.15) is 0 Å². The number of rotatable bonds is 10. The summed E-state index contributed by atoms with van der Waals surface area (Å²) >= 11 is 6.04. The van der Waals surface area contributed by atoms with Crippen LogP contribution in [-0.2, 0) is 39.6 Å². The van der Waals surface area contributed by atoms with Crippen LogP contribution in [0.5, 0.6) is 0 Å². The number of carbonyl (C=O) groups is 1. The van der Waals surface area contributed by atoms with Crippen LogP contribution in [-0.4, -0.2) is 31.0 Å². The van der Waals surface area contributed by atoms with Crippen LogP contribution < -0.4 is 9.62 Å². The Balaban J connectivity index is 1.45. The van der Waals surface area contributed by atoms with Crippen molar-refractivity contribution in [3.8, 4) is 0 Å². The number of sulfonamides is 1. The van der Waals surface area contributed by atoms with E-state index in [1.54, 1.807) is 30.3 Å². The molecule has 40 heavy (non-hydrogen) atoms. The summed E-state index contributed by atoms with van der Waals surface area (Å²) in [6.07, 6.45) is 4.60. The molecule has 1 N–H and O–H groups in total.